The summed E-state index contributed by atoms with van der Waals surface area (Å²) in [6.45, 7) is 4.65. The van der Waals surface area contributed by atoms with Gasteiger partial charge in [-0.25, -0.2) is 4.98 Å². The molecule has 0 radical (unpaired) electrons. The largest absolute Gasteiger partial charge is 0.330 e. The van der Waals surface area contributed by atoms with Crippen molar-refractivity contribution in [1.29, 1.82) is 0 Å². The lowest BCUT2D eigenvalue weighted by Gasteiger charge is -2.23. The van der Waals surface area contributed by atoms with E-state index < -0.39 is 0 Å². The lowest BCUT2D eigenvalue weighted by Crippen LogP contribution is -2.35. The van der Waals surface area contributed by atoms with Crippen molar-refractivity contribution in [2.75, 3.05) is 11.9 Å². The van der Waals surface area contributed by atoms with Crippen LogP contribution in [-0.2, 0) is 11.2 Å². The lowest BCUT2D eigenvalue weighted by atomic mass is 9.93. The number of nitrogens with one attached hydrogen (secondary N) is 1. The van der Waals surface area contributed by atoms with Gasteiger partial charge >= 0.3 is 0 Å². The maximum absolute atomic E-state index is 11.6. The number of nitrogens with zero attached hydrogens (tertiary/aromatic N) is 1. The number of nitrogens with two attached hydrogens (primary N) is 1. The first-order chi connectivity index (χ1) is 7.61. The minimum Gasteiger partial charge on any atom is -0.330 e. The number of hydrogen-bond acceptors (Lipinski definition) is 3. The number of anilines is 1. The second-order valence-corrected chi connectivity index (χ2v) is 4.56. The lowest BCUT2D eigenvalue weighted by molar-refractivity contribution is -0.119. The first-order valence-electron chi connectivity index (χ1n) is 5.61. The van der Waals surface area contributed by atoms with Gasteiger partial charge in [-0.2, -0.15) is 0 Å². The van der Waals surface area contributed by atoms with Crippen molar-refractivity contribution in [3.05, 3.63) is 23.4 Å². The van der Waals surface area contributed by atoms with E-state index in [4.69, 9.17) is 5.73 Å². The van der Waals surface area contributed by atoms with Gasteiger partial charge in [0.2, 0.25) is 5.91 Å². The SMILES string of the molecule is CC(C)c1cnc2c(c1)CC(CN)C(=O)N2. The second-order valence-electron chi connectivity index (χ2n) is 4.56. The molecule has 4 nitrogen and oxygen atoms in total. The van der Waals surface area contributed by atoms with Crippen molar-refractivity contribution in [2.45, 2.75) is 26.2 Å². The summed E-state index contributed by atoms with van der Waals surface area (Å²) in [6.07, 6.45) is 2.53. The highest BCUT2D eigenvalue weighted by atomic mass is 16.2. The molecule has 0 aliphatic carbocycles. The number of carbonyl (C=O) groups is 1. The van der Waals surface area contributed by atoms with Gasteiger partial charge in [-0.3, -0.25) is 4.79 Å². The highest BCUT2D eigenvalue weighted by Gasteiger charge is 2.25. The third kappa shape index (κ3) is 1.93. The summed E-state index contributed by atoms with van der Waals surface area (Å²) in [5.41, 5.74) is 7.87. The third-order valence-electron chi connectivity index (χ3n) is 3.02. The molecule has 1 amide bonds. The summed E-state index contributed by atoms with van der Waals surface area (Å²) in [6, 6.07) is 2.12. The van der Waals surface area contributed by atoms with Crippen molar-refractivity contribution < 1.29 is 4.79 Å². The molecule has 2 heterocycles. The van der Waals surface area contributed by atoms with Gasteiger partial charge in [-0.15, -0.1) is 0 Å². The van der Waals surface area contributed by atoms with Gasteiger partial charge in [0.15, 0.2) is 0 Å². The van der Waals surface area contributed by atoms with Crippen molar-refractivity contribution in [2.24, 2.45) is 11.7 Å². The molecule has 1 aromatic rings. The molecule has 0 saturated heterocycles. The Balaban J connectivity index is 2.33. The van der Waals surface area contributed by atoms with Crippen LogP contribution in [0.2, 0.25) is 0 Å². The summed E-state index contributed by atoms with van der Waals surface area (Å²) >= 11 is 0. The fraction of sp³-hybridized carbons (Fsp3) is 0.500. The summed E-state index contributed by atoms with van der Waals surface area (Å²) in [7, 11) is 0. The van der Waals surface area contributed by atoms with Crippen LogP contribution < -0.4 is 11.1 Å². The zero-order chi connectivity index (χ0) is 11.7. The molecule has 0 aromatic carbocycles. The molecule has 1 aromatic heterocycles. The van der Waals surface area contributed by atoms with Crippen molar-refractivity contribution in [3.63, 3.8) is 0 Å². The number of pyridine rings is 1. The van der Waals surface area contributed by atoms with Gasteiger partial charge in [0, 0.05) is 12.7 Å². The van der Waals surface area contributed by atoms with E-state index in [1.807, 2.05) is 6.20 Å². The average molecular weight is 219 g/mol. The van der Waals surface area contributed by atoms with E-state index in [1.165, 1.54) is 5.56 Å². The molecular formula is C12H17N3O. The van der Waals surface area contributed by atoms with Crippen molar-refractivity contribution in [3.8, 4) is 0 Å². The predicted octanol–water partition coefficient (Wildman–Crippen LogP) is 1.27. The number of rotatable bonds is 2. The Hall–Kier alpha value is -1.42. The van der Waals surface area contributed by atoms with Crippen molar-refractivity contribution >= 4 is 11.7 Å². The Morgan fingerprint density at radius 2 is 2.38 bits per heavy atom. The van der Waals surface area contributed by atoms with E-state index in [-0.39, 0.29) is 11.8 Å². The molecule has 1 aliphatic heterocycles. The Bertz CT molecular complexity index is 415. The molecule has 1 atom stereocenters. The maximum atomic E-state index is 11.6. The average Bonchev–Trinajstić information content (AvgIpc) is 2.27. The van der Waals surface area contributed by atoms with Crippen LogP contribution in [0.25, 0.3) is 0 Å². The van der Waals surface area contributed by atoms with Crippen LogP contribution in [0.4, 0.5) is 5.82 Å². The van der Waals surface area contributed by atoms with Crippen LogP contribution in [-0.4, -0.2) is 17.4 Å². The summed E-state index contributed by atoms with van der Waals surface area (Å²) in [5, 5.41) is 2.80. The Kier molecular flexibility index (Phi) is 2.92. The molecule has 2 rings (SSSR count). The Morgan fingerprint density at radius 3 is 3.00 bits per heavy atom. The van der Waals surface area contributed by atoms with E-state index >= 15 is 0 Å². The van der Waals surface area contributed by atoms with Gasteiger partial charge in [0.05, 0.1) is 5.92 Å². The number of hydrogen-bond donors (Lipinski definition) is 2. The molecule has 0 fully saturated rings. The fourth-order valence-electron chi connectivity index (χ4n) is 1.88. The minimum atomic E-state index is -0.114. The molecule has 16 heavy (non-hydrogen) atoms. The van der Waals surface area contributed by atoms with Gasteiger partial charge in [-0.1, -0.05) is 19.9 Å². The molecule has 0 spiro atoms. The van der Waals surface area contributed by atoms with Crippen LogP contribution in [0.15, 0.2) is 12.3 Å². The second kappa shape index (κ2) is 4.22. The van der Waals surface area contributed by atoms with E-state index in [9.17, 15) is 4.79 Å². The van der Waals surface area contributed by atoms with E-state index in [0.717, 1.165) is 5.56 Å². The smallest absolute Gasteiger partial charge is 0.230 e. The molecule has 1 aliphatic rings. The normalized spacial score (nSPS) is 19.5. The molecular weight excluding hydrogens is 202 g/mol. The van der Waals surface area contributed by atoms with E-state index in [1.54, 1.807) is 0 Å². The van der Waals surface area contributed by atoms with Gasteiger partial charge in [-0.05, 0) is 23.5 Å². The molecule has 3 N–H and O–H groups in total. The summed E-state index contributed by atoms with van der Waals surface area (Å²) < 4.78 is 0. The van der Waals surface area contributed by atoms with Crippen LogP contribution in [0.3, 0.4) is 0 Å². The first-order valence-corrected chi connectivity index (χ1v) is 5.61. The molecule has 0 bridgehead atoms. The maximum Gasteiger partial charge on any atom is 0.230 e. The van der Waals surface area contributed by atoms with E-state index in [2.05, 4.69) is 30.2 Å². The standard InChI is InChI=1S/C12H17N3O/c1-7(2)10-4-8-3-9(5-13)12(16)15-11(8)14-6-10/h4,6-7,9H,3,5,13H2,1-2H3,(H,14,15,16). The molecule has 1 unspecified atom stereocenters. The highest BCUT2D eigenvalue weighted by Crippen LogP contribution is 2.26. The quantitative estimate of drug-likeness (QED) is 0.787. The van der Waals surface area contributed by atoms with Crippen LogP contribution >= 0.6 is 0 Å². The molecule has 0 saturated carbocycles. The van der Waals surface area contributed by atoms with Gasteiger partial charge in [0.1, 0.15) is 5.82 Å². The number of aromatic nitrogens is 1. The van der Waals surface area contributed by atoms with Crippen LogP contribution in [0.1, 0.15) is 30.9 Å². The zero-order valence-corrected chi connectivity index (χ0v) is 9.66. The number of carbonyl (C=O) groups excluding carboxylic acids is 1. The first kappa shape index (κ1) is 11.1. The summed E-state index contributed by atoms with van der Waals surface area (Å²) in [5.74, 6) is 1.02. The molecule has 86 valence electrons. The van der Waals surface area contributed by atoms with Crippen molar-refractivity contribution in [1.82, 2.24) is 4.98 Å². The van der Waals surface area contributed by atoms with Gasteiger partial charge < -0.3 is 11.1 Å². The zero-order valence-electron chi connectivity index (χ0n) is 9.66. The van der Waals surface area contributed by atoms with E-state index in [0.29, 0.717) is 24.7 Å². The van der Waals surface area contributed by atoms with Crippen LogP contribution in [0.5, 0.6) is 0 Å². The Labute approximate surface area is 95.3 Å². The monoisotopic (exact) mass is 219 g/mol. The highest BCUT2D eigenvalue weighted by molar-refractivity contribution is 5.94. The number of fused-ring (bicyclic) bond motifs is 1. The predicted molar refractivity (Wildman–Crippen MR) is 63.2 cm³/mol. The fourth-order valence-corrected chi connectivity index (χ4v) is 1.88. The number of amides is 1. The molecule has 4 heteroatoms. The van der Waals surface area contributed by atoms with Crippen LogP contribution in [0, 0.1) is 5.92 Å². The third-order valence-corrected chi connectivity index (χ3v) is 3.02. The Morgan fingerprint density at radius 1 is 1.62 bits per heavy atom. The topological polar surface area (TPSA) is 68.0 Å². The summed E-state index contributed by atoms with van der Waals surface area (Å²) in [4.78, 5) is 15.9. The minimum absolute atomic E-state index is 0.0141. The van der Waals surface area contributed by atoms with Gasteiger partial charge in [0.25, 0.3) is 0 Å².